The lowest BCUT2D eigenvalue weighted by atomic mass is 9.99. The molecule has 2 aromatic heterocycles. The number of carboxylic acid groups (broad SMARTS) is 1. The molecule has 0 bridgehead atoms. The number of benzene rings is 1. The number of nitrogens with one attached hydrogen (secondary N) is 5. The predicted octanol–water partition coefficient (Wildman–Crippen LogP) is -0.926. The number of H-pyrrole nitrogens is 2. The second-order valence-corrected chi connectivity index (χ2v) is 9.81. The molecule has 10 N–H and O–H groups in total. The van der Waals surface area contributed by atoms with Gasteiger partial charge in [-0.2, -0.15) is 0 Å². The minimum Gasteiger partial charge on any atom is -0.480 e. The molecule has 0 fully saturated rings. The van der Waals surface area contributed by atoms with Crippen molar-refractivity contribution in [2.45, 2.75) is 57.3 Å². The smallest absolute Gasteiger partial charge is 0.326 e. The van der Waals surface area contributed by atoms with Crippen molar-refractivity contribution in [2.75, 3.05) is 0 Å². The third-order valence-corrected chi connectivity index (χ3v) is 6.33. The quantitative estimate of drug-likeness (QED) is 0.124. The first-order valence-electron chi connectivity index (χ1n) is 12.7. The van der Waals surface area contributed by atoms with Crippen molar-refractivity contribution in [1.82, 2.24) is 30.9 Å². The van der Waals surface area contributed by atoms with Crippen LogP contribution in [0.1, 0.15) is 31.5 Å². The first-order chi connectivity index (χ1) is 19.0. The number of aromatic nitrogens is 3. The van der Waals surface area contributed by atoms with E-state index in [1.165, 1.54) is 12.5 Å². The van der Waals surface area contributed by atoms with Crippen molar-refractivity contribution in [3.8, 4) is 0 Å². The maximum absolute atomic E-state index is 13.5. The summed E-state index contributed by atoms with van der Waals surface area (Å²) in [6.45, 7) is 3.31. The van der Waals surface area contributed by atoms with Crippen LogP contribution in [0.25, 0.3) is 10.9 Å². The summed E-state index contributed by atoms with van der Waals surface area (Å²) in [6.07, 6.45) is 4.34. The topological polar surface area (TPSA) is 238 Å². The first kappa shape index (κ1) is 29.8. The first-order valence-corrected chi connectivity index (χ1v) is 12.7. The molecular weight excluding hydrogens is 520 g/mol. The maximum Gasteiger partial charge on any atom is 0.326 e. The number of para-hydroxylation sites is 1. The molecule has 0 radical (unpaired) electrons. The van der Waals surface area contributed by atoms with Crippen LogP contribution in [0.4, 0.5) is 0 Å². The molecule has 40 heavy (non-hydrogen) atoms. The van der Waals surface area contributed by atoms with Crippen LogP contribution in [0.5, 0.6) is 0 Å². The maximum atomic E-state index is 13.5. The Morgan fingerprint density at radius 2 is 1.65 bits per heavy atom. The highest BCUT2D eigenvalue weighted by Crippen LogP contribution is 2.19. The molecule has 4 amide bonds. The Bertz CT molecular complexity index is 1350. The largest absolute Gasteiger partial charge is 0.480 e. The summed E-state index contributed by atoms with van der Waals surface area (Å²) >= 11 is 0. The van der Waals surface area contributed by atoms with E-state index in [0.29, 0.717) is 5.69 Å². The van der Waals surface area contributed by atoms with Gasteiger partial charge in [-0.15, -0.1) is 0 Å². The molecule has 14 heteroatoms. The molecule has 4 atom stereocenters. The minimum absolute atomic E-state index is 0.0736. The van der Waals surface area contributed by atoms with Crippen molar-refractivity contribution < 1.29 is 29.1 Å². The summed E-state index contributed by atoms with van der Waals surface area (Å²) in [5.74, 6) is -4.91. The molecule has 214 valence electrons. The van der Waals surface area contributed by atoms with Gasteiger partial charge in [0.15, 0.2) is 0 Å². The number of amides is 4. The molecule has 0 aliphatic carbocycles. The Kier molecular flexibility index (Phi) is 9.97. The molecule has 0 spiro atoms. The Morgan fingerprint density at radius 1 is 0.950 bits per heavy atom. The Labute approximate surface area is 229 Å². The average molecular weight is 555 g/mol. The van der Waals surface area contributed by atoms with Crippen molar-refractivity contribution in [3.63, 3.8) is 0 Å². The van der Waals surface area contributed by atoms with Crippen LogP contribution in [0.3, 0.4) is 0 Å². The average Bonchev–Trinajstić information content (AvgIpc) is 3.55. The fourth-order valence-corrected chi connectivity index (χ4v) is 4.19. The number of carbonyl (C=O) groups excluding carboxylic acids is 4. The van der Waals surface area contributed by atoms with E-state index in [0.717, 1.165) is 16.5 Å². The zero-order chi connectivity index (χ0) is 29.4. The SMILES string of the molecule is CC(C)C(NC(=O)C(Cc1c[nH]c2ccccc12)NC(=O)C(N)Cc1cnc[nH]1)C(=O)NC(CC(N)=O)C(=O)O. The van der Waals surface area contributed by atoms with E-state index in [1.54, 1.807) is 20.0 Å². The number of nitrogens with zero attached hydrogens (tertiary/aromatic N) is 1. The number of imidazole rings is 1. The van der Waals surface area contributed by atoms with Gasteiger partial charge in [0, 0.05) is 41.8 Å². The van der Waals surface area contributed by atoms with Crippen LogP contribution in [-0.4, -0.2) is 73.8 Å². The minimum atomic E-state index is -1.56. The highest BCUT2D eigenvalue weighted by molar-refractivity contribution is 5.95. The normalized spacial score (nSPS) is 14.2. The van der Waals surface area contributed by atoms with Gasteiger partial charge in [-0.25, -0.2) is 9.78 Å². The zero-order valence-corrected chi connectivity index (χ0v) is 22.1. The number of primary amides is 1. The fraction of sp³-hybridized carbons (Fsp3) is 0.385. The number of aromatic amines is 2. The molecule has 2 heterocycles. The molecule has 3 aromatic rings. The van der Waals surface area contributed by atoms with Crippen LogP contribution in [-0.2, 0) is 36.8 Å². The van der Waals surface area contributed by atoms with Gasteiger partial charge in [0.05, 0.1) is 18.8 Å². The predicted molar refractivity (Wildman–Crippen MR) is 144 cm³/mol. The van der Waals surface area contributed by atoms with Crippen LogP contribution in [0, 0.1) is 5.92 Å². The number of rotatable bonds is 14. The second-order valence-electron chi connectivity index (χ2n) is 9.81. The van der Waals surface area contributed by atoms with E-state index in [2.05, 4.69) is 30.9 Å². The monoisotopic (exact) mass is 554 g/mol. The van der Waals surface area contributed by atoms with Crippen molar-refractivity contribution in [1.29, 1.82) is 0 Å². The van der Waals surface area contributed by atoms with Crippen molar-refractivity contribution >= 4 is 40.5 Å². The third-order valence-electron chi connectivity index (χ3n) is 6.33. The number of carbonyl (C=O) groups is 5. The summed E-state index contributed by atoms with van der Waals surface area (Å²) < 4.78 is 0. The van der Waals surface area contributed by atoms with Gasteiger partial charge in [-0.05, 0) is 17.5 Å². The molecular formula is C26H34N8O6. The lowest BCUT2D eigenvalue weighted by Gasteiger charge is -2.27. The highest BCUT2D eigenvalue weighted by Gasteiger charge is 2.33. The molecule has 0 saturated heterocycles. The molecule has 1 aromatic carbocycles. The van der Waals surface area contributed by atoms with Gasteiger partial charge in [0.2, 0.25) is 23.6 Å². The molecule has 14 nitrogen and oxygen atoms in total. The zero-order valence-electron chi connectivity index (χ0n) is 22.1. The highest BCUT2D eigenvalue weighted by atomic mass is 16.4. The summed E-state index contributed by atoms with van der Waals surface area (Å²) in [4.78, 5) is 72.2. The molecule has 4 unspecified atom stereocenters. The summed E-state index contributed by atoms with van der Waals surface area (Å²) in [7, 11) is 0. The molecule has 0 aliphatic rings. The second kappa shape index (κ2) is 13.4. The van der Waals surface area contributed by atoms with E-state index >= 15 is 0 Å². The Balaban J connectivity index is 1.81. The van der Waals surface area contributed by atoms with E-state index in [9.17, 15) is 29.1 Å². The number of hydrogen-bond donors (Lipinski definition) is 8. The standard InChI is InChI=1S/C26H34N8O6/c1-13(2)22(25(38)33-20(26(39)40)9-21(28)35)34-24(37)19(7-14-10-30-18-6-4-3-5-16(14)18)32-23(36)17(27)8-15-11-29-12-31-15/h3-6,10-13,17,19-20,22,30H,7-9,27H2,1-2H3,(H2,28,35)(H,29,31)(H,32,36)(H,33,38)(H,34,37)(H,39,40). The Morgan fingerprint density at radius 3 is 2.27 bits per heavy atom. The van der Waals surface area contributed by atoms with Crippen molar-refractivity contribution in [3.05, 3.63) is 54.2 Å². The number of fused-ring (bicyclic) bond motifs is 1. The number of carboxylic acids is 1. The fourth-order valence-electron chi connectivity index (χ4n) is 4.19. The van der Waals surface area contributed by atoms with Gasteiger partial charge >= 0.3 is 5.97 Å². The molecule has 0 saturated carbocycles. The lowest BCUT2D eigenvalue weighted by molar-refractivity contribution is -0.144. The summed E-state index contributed by atoms with van der Waals surface area (Å²) in [5, 5.41) is 17.8. The molecule has 0 aliphatic heterocycles. The summed E-state index contributed by atoms with van der Waals surface area (Å²) in [5.41, 5.74) is 13.4. The van der Waals surface area contributed by atoms with Gasteiger partial charge in [0.25, 0.3) is 0 Å². The van der Waals surface area contributed by atoms with Gasteiger partial charge in [-0.3, -0.25) is 19.2 Å². The third kappa shape index (κ3) is 7.89. The van der Waals surface area contributed by atoms with E-state index in [1.807, 2.05) is 24.3 Å². The van der Waals surface area contributed by atoms with Gasteiger partial charge in [-0.1, -0.05) is 32.0 Å². The number of nitrogens with two attached hydrogens (primary N) is 2. The lowest BCUT2D eigenvalue weighted by Crippen LogP contribution is -2.59. The van der Waals surface area contributed by atoms with Crippen LogP contribution in [0.2, 0.25) is 0 Å². The summed E-state index contributed by atoms with van der Waals surface area (Å²) in [6, 6.07) is 2.58. The van der Waals surface area contributed by atoms with E-state index in [4.69, 9.17) is 11.5 Å². The number of hydrogen-bond acceptors (Lipinski definition) is 7. The van der Waals surface area contributed by atoms with Crippen LogP contribution < -0.4 is 27.4 Å². The van der Waals surface area contributed by atoms with Crippen LogP contribution >= 0.6 is 0 Å². The Hall–Kier alpha value is -4.72. The van der Waals surface area contributed by atoms with Gasteiger partial charge in [0.1, 0.15) is 18.1 Å². The molecule has 3 rings (SSSR count). The number of aliphatic carboxylic acids is 1. The van der Waals surface area contributed by atoms with Gasteiger partial charge < -0.3 is 42.5 Å². The van der Waals surface area contributed by atoms with Crippen LogP contribution in [0.15, 0.2) is 43.0 Å². The van der Waals surface area contributed by atoms with E-state index in [-0.39, 0.29) is 12.8 Å². The van der Waals surface area contributed by atoms with E-state index < -0.39 is 66.1 Å². The van der Waals surface area contributed by atoms with Crippen molar-refractivity contribution in [2.24, 2.45) is 17.4 Å².